The molecule has 348 valence electrons. The van der Waals surface area contributed by atoms with E-state index in [0.29, 0.717) is 19.3 Å². The van der Waals surface area contributed by atoms with Crippen LogP contribution in [0, 0.1) is 0 Å². The Hall–Kier alpha value is -3.17. The quantitative estimate of drug-likeness (QED) is 0.0203. The number of ether oxygens (including phenoxy) is 4. The highest BCUT2D eigenvalue weighted by atomic mass is 32.2. The van der Waals surface area contributed by atoms with Gasteiger partial charge in [0.05, 0.1) is 6.61 Å². The average molecular weight is 879 g/mol. The Morgan fingerprint density at radius 2 is 1.03 bits per heavy atom. The van der Waals surface area contributed by atoms with Gasteiger partial charge in [-0.25, -0.2) is 0 Å². The monoisotopic (exact) mass is 879 g/mol. The first-order valence-electron chi connectivity index (χ1n) is 22.6. The van der Waals surface area contributed by atoms with Gasteiger partial charge in [0.1, 0.15) is 36.8 Å². The molecule has 0 amide bonds. The molecule has 0 aromatic heterocycles. The van der Waals surface area contributed by atoms with E-state index in [-0.39, 0.29) is 19.4 Å². The first-order valence-corrected chi connectivity index (χ1v) is 24.3. The summed E-state index contributed by atoms with van der Waals surface area (Å²) in [4.78, 5) is 25.4. The molecule has 1 aliphatic heterocycles. The number of carbonyl (C=O) groups excluding carboxylic acids is 2. The topological polar surface area (TPSA) is 186 Å². The number of unbranched alkanes of at least 4 members (excludes halogenated alkanes) is 10. The van der Waals surface area contributed by atoms with Crippen molar-refractivity contribution in [2.45, 2.75) is 185 Å². The van der Waals surface area contributed by atoms with Crippen molar-refractivity contribution in [1.82, 2.24) is 0 Å². The molecule has 1 fully saturated rings. The third kappa shape index (κ3) is 32.2. The second-order valence-corrected chi connectivity index (χ2v) is 16.9. The van der Waals surface area contributed by atoms with Crippen molar-refractivity contribution in [3.63, 3.8) is 0 Å². The molecule has 4 N–H and O–H groups in total. The van der Waals surface area contributed by atoms with Crippen molar-refractivity contribution < 1.29 is 56.8 Å². The molecule has 13 heteroatoms. The van der Waals surface area contributed by atoms with Crippen LogP contribution < -0.4 is 0 Å². The maximum atomic E-state index is 12.8. The summed E-state index contributed by atoms with van der Waals surface area (Å²) in [5, 5.41) is 30.9. The Kier molecular flexibility index (Phi) is 34.2. The van der Waals surface area contributed by atoms with Gasteiger partial charge in [0, 0.05) is 12.8 Å². The molecule has 0 radical (unpaired) electrons. The lowest BCUT2D eigenvalue weighted by atomic mass is 10.00. The van der Waals surface area contributed by atoms with E-state index in [1.165, 1.54) is 32.1 Å². The molecule has 1 saturated heterocycles. The van der Waals surface area contributed by atoms with Gasteiger partial charge in [0.25, 0.3) is 10.1 Å². The van der Waals surface area contributed by atoms with Crippen LogP contribution in [0.5, 0.6) is 0 Å². The van der Waals surface area contributed by atoms with E-state index in [2.05, 4.69) is 80.7 Å². The predicted molar refractivity (Wildman–Crippen MR) is 242 cm³/mol. The lowest BCUT2D eigenvalue weighted by Crippen LogP contribution is -2.60. The summed E-state index contributed by atoms with van der Waals surface area (Å²) in [6.45, 7) is 3.60. The standard InChI is InChI=1S/C48H78O12S/c1-3-5-7-9-11-13-15-17-19-20-21-22-23-25-27-29-31-33-35-37-44(50)59-41(39-58-48-47(53)46(52)45(51)42(60-48)40-61(54,55)56)38-57-43(49)36-34-32-30-28-26-24-18-16-14-12-10-8-6-4-2/h10-13,16-19,21-22,25,27,31,33,41-42,45-48,51-53H,3-9,14-15,20,23-24,26,28-30,32,34-40H2,1-2H3,(H,54,55,56)/b12-10+,13-11+,18-16+,19-17+,22-21+,27-25+,33-31+/t41-,42-,45-,46?,47?,48+/m1/s1. The largest absolute Gasteiger partial charge is 0.462 e. The number of carbonyl (C=O) groups is 2. The zero-order valence-corrected chi connectivity index (χ0v) is 37.8. The molecule has 0 bridgehead atoms. The molecule has 1 heterocycles. The third-order valence-corrected chi connectivity index (χ3v) is 10.5. The summed E-state index contributed by atoms with van der Waals surface area (Å²) in [6, 6.07) is 0. The van der Waals surface area contributed by atoms with Gasteiger partial charge >= 0.3 is 11.9 Å². The van der Waals surface area contributed by atoms with Crippen molar-refractivity contribution in [2.24, 2.45) is 0 Å². The maximum absolute atomic E-state index is 12.8. The zero-order valence-electron chi connectivity index (χ0n) is 37.0. The van der Waals surface area contributed by atoms with Crippen LogP contribution in [0.15, 0.2) is 85.1 Å². The summed E-state index contributed by atoms with van der Waals surface area (Å²) in [5.74, 6) is -2.12. The van der Waals surface area contributed by atoms with Crippen molar-refractivity contribution in [3.05, 3.63) is 85.1 Å². The van der Waals surface area contributed by atoms with Crippen LogP contribution in [0.2, 0.25) is 0 Å². The zero-order chi connectivity index (χ0) is 44.8. The highest BCUT2D eigenvalue weighted by Crippen LogP contribution is 2.24. The number of hydrogen-bond acceptors (Lipinski definition) is 11. The van der Waals surface area contributed by atoms with Gasteiger partial charge < -0.3 is 34.3 Å². The molecule has 2 unspecified atom stereocenters. The molecule has 0 aliphatic carbocycles. The Labute approximate surface area is 367 Å². The second kappa shape index (κ2) is 37.4. The summed E-state index contributed by atoms with van der Waals surface area (Å²) in [5.41, 5.74) is 0. The Bertz CT molecular complexity index is 1450. The number of hydrogen-bond donors (Lipinski definition) is 4. The highest BCUT2D eigenvalue weighted by molar-refractivity contribution is 7.85. The molecule has 0 aromatic carbocycles. The lowest BCUT2D eigenvalue weighted by molar-refractivity contribution is -0.297. The van der Waals surface area contributed by atoms with Crippen molar-refractivity contribution in [3.8, 4) is 0 Å². The Morgan fingerprint density at radius 3 is 1.57 bits per heavy atom. The first kappa shape index (κ1) is 55.8. The summed E-state index contributed by atoms with van der Waals surface area (Å²) in [7, 11) is -4.62. The Morgan fingerprint density at radius 1 is 0.557 bits per heavy atom. The number of esters is 2. The number of rotatable bonds is 36. The number of aliphatic hydroxyl groups excluding tert-OH is 3. The smallest absolute Gasteiger partial charge is 0.306 e. The lowest BCUT2D eigenvalue weighted by Gasteiger charge is -2.40. The summed E-state index contributed by atoms with van der Waals surface area (Å²) < 4.78 is 53.9. The third-order valence-electron chi connectivity index (χ3n) is 9.71. The highest BCUT2D eigenvalue weighted by Gasteiger charge is 2.46. The van der Waals surface area contributed by atoms with Gasteiger partial charge in [-0.15, -0.1) is 0 Å². The number of aliphatic hydroxyl groups is 3. The molecular weight excluding hydrogens is 801 g/mol. The van der Waals surface area contributed by atoms with Crippen LogP contribution in [0.3, 0.4) is 0 Å². The molecule has 6 atom stereocenters. The average Bonchev–Trinajstić information content (AvgIpc) is 3.22. The van der Waals surface area contributed by atoms with Crippen LogP contribution in [0.1, 0.15) is 149 Å². The first-order chi connectivity index (χ1) is 29.5. The minimum absolute atomic E-state index is 0.0331. The summed E-state index contributed by atoms with van der Waals surface area (Å²) >= 11 is 0. The van der Waals surface area contributed by atoms with E-state index in [9.17, 15) is 37.9 Å². The van der Waals surface area contributed by atoms with Crippen molar-refractivity contribution in [2.75, 3.05) is 19.0 Å². The molecule has 1 rings (SSSR count). The van der Waals surface area contributed by atoms with Crippen LogP contribution in [0.4, 0.5) is 0 Å². The van der Waals surface area contributed by atoms with Crippen LogP contribution in [0.25, 0.3) is 0 Å². The maximum Gasteiger partial charge on any atom is 0.306 e. The van der Waals surface area contributed by atoms with Gasteiger partial charge in [-0.05, 0) is 77.0 Å². The fraction of sp³-hybridized carbons (Fsp3) is 0.667. The van der Waals surface area contributed by atoms with E-state index >= 15 is 0 Å². The van der Waals surface area contributed by atoms with E-state index in [1.54, 1.807) is 0 Å². The fourth-order valence-electron chi connectivity index (χ4n) is 6.14. The van der Waals surface area contributed by atoms with Crippen LogP contribution in [-0.2, 0) is 38.7 Å². The van der Waals surface area contributed by atoms with E-state index in [4.69, 9.17) is 18.9 Å². The molecule has 1 aliphatic rings. The Balaban J connectivity index is 2.53. The second-order valence-electron chi connectivity index (χ2n) is 15.4. The van der Waals surface area contributed by atoms with Gasteiger partial charge in [0.2, 0.25) is 0 Å². The molecule has 0 saturated carbocycles. The van der Waals surface area contributed by atoms with Gasteiger partial charge in [-0.2, -0.15) is 8.42 Å². The van der Waals surface area contributed by atoms with E-state index < -0.39 is 71.2 Å². The normalized spacial score (nSPS) is 20.8. The molecule has 0 aromatic rings. The molecular formula is C48H78O12S. The van der Waals surface area contributed by atoms with Gasteiger partial charge in [-0.3, -0.25) is 14.1 Å². The molecule has 0 spiro atoms. The van der Waals surface area contributed by atoms with Crippen molar-refractivity contribution in [1.29, 1.82) is 0 Å². The van der Waals surface area contributed by atoms with E-state index in [1.807, 2.05) is 18.2 Å². The van der Waals surface area contributed by atoms with Crippen LogP contribution >= 0.6 is 0 Å². The van der Waals surface area contributed by atoms with Gasteiger partial charge in [0.15, 0.2) is 12.4 Å². The summed E-state index contributed by atoms with van der Waals surface area (Å²) in [6.07, 6.45) is 39.2. The fourth-order valence-corrected chi connectivity index (χ4v) is 6.84. The SMILES string of the molecule is CCCC/C=C/C/C=C/CCCCCCCC(=O)OC[C@H](CO[C@H]1O[C@H](CS(=O)(=O)O)[C@@H](O)C(O)C1O)OC(=O)CC/C=C/C/C=C/C/C=C/C/C=C/C/C=C/CCCCC. The van der Waals surface area contributed by atoms with E-state index in [0.717, 1.165) is 70.6 Å². The number of allylic oxidation sites excluding steroid dienone is 14. The van der Waals surface area contributed by atoms with Crippen LogP contribution in [-0.4, -0.2) is 96.0 Å². The molecule has 12 nitrogen and oxygen atoms in total. The van der Waals surface area contributed by atoms with Crippen molar-refractivity contribution >= 4 is 22.1 Å². The van der Waals surface area contributed by atoms with Gasteiger partial charge in [-0.1, -0.05) is 144 Å². The minimum Gasteiger partial charge on any atom is -0.462 e. The molecule has 61 heavy (non-hydrogen) atoms. The minimum atomic E-state index is -4.62. The predicted octanol–water partition coefficient (Wildman–Crippen LogP) is 9.28.